The first-order valence-electron chi connectivity index (χ1n) is 10.6. The van der Waals surface area contributed by atoms with Crippen LogP contribution in [0.4, 0.5) is 0 Å². The predicted octanol–water partition coefficient (Wildman–Crippen LogP) is 5.68. The fraction of sp³-hybridized carbons (Fsp3) is 0.280. The van der Waals surface area contributed by atoms with E-state index in [0.29, 0.717) is 17.3 Å². The van der Waals surface area contributed by atoms with E-state index in [9.17, 15) is 4.79 Å². The van der Waals surface area contributed by atoms with Gasteiger partial charge in [0.05, 0.1) is 12.5 Å². The summed E-state index contributed by atoms with van der Waals surface area (Å²) >= 11 is 1.65. The van der Waals surface area contributed by atoms with Crippen molar-refractivity contribution in [1.82, 2.24) is 9.97 Å². The molecule has 31 heavy (non-hydrogen) atoms. The second-order valence-corrected chi connectivity index (χ2v) is 8.93. The Balaban J connectivity index is 1.49. The van der Waals surface area contributed by atoms with Crippen molar-refractivity contribution >= 4 is 21.6 Å². The molecule has 0 fully saturated rings. The number of hydrogen-bond donors (Lipinski definition) is 1. The highest BCUT2D eigenvalue weighted by Gasteiger charge is 2.20. The minimum Gasteiger partial charge on any atom is -0.493 e. The molecule has 158 valence electrons. The summed E-state index contributed by atoms with van der Waals surface area (Å²) in [7, 11) is 1.62. The van der Waals surface area contributed by atoms with Crippen molar-refractivity contribution in [1.29, 1.82) is 0 Å². The molecule has 0 spiro atoms. The molecule has 5 rings (SSSR count). The third-order valence-corrected chi connectivity index (χ3v) is 7.02. The highest BCUT2D eigenvalue weighted by atomic mass is 32.1. The zero-order chi connectivity index (χ0) is 21.4. The Labute approximate surface area is 184 Å². The van der Waals surface area contributed by atoms with Crippen LogP contribution in [0, 0.1) is 0 Å². The molecule has 5 nitrogen and oxygen atoms in total. The largest absolute Gasteiger partial charge is 0.493 e. The molecular weight excluding hydrogens is 408 g/mol. The average Bonchev–Trinajstić information content (AvgIpc) is 3.19. The lowest BCUT2D eigenvalue weighted by atomic mass is 9.97. The van der Waals surface area contributed by atoms with Gasteiger partial charge in [0.2, 0.25) is 0 Å². The van der Waals surface area contributed by atoms with Crippen molar-refractivity contribution in [3.8, 4) is 22.9 Å². The average molecular weight is 433 g/mol. The minimum absolute atomic E-state index is 0.0589. The van der Waals surface area contributed by atoms with Crippen molar-refractivity contribution in [3.05, 3.63) is 74.9 Å². The van der Waals surface area contributed by atoms with Gasteiger partial charge >= 0.3 is 0 Å². The smallest absolute Gasteiger partial charge is 0.260 e. The molecule has 0 saturated heterocycles. The SMILES string of the molecule is COc1cc(-c2nc3sc4c(c3c(=O)[nH]2)CCCC4)ccc1O[C@@H](C)c1ccccc1. The van der Waals surface area contributed by atoms with Gasteiger partial charge in [-0.2, -0.15) is 0 Å². The number of nitrogens with one attached hydrogen (secondary N) is 1. The van der Waals surface area contributed by atoms with Gasteiger partial charge in [0.25, 0.3) is 5.56 Å². The van der Waals surface area contributed by atoms with E-state index >= 15 is 0 Å². The Morgan fingerprint density at radius 2 is 1.87 bits per heavy atom. The molecule has 1 atom stereocenters. The number of aromatic amines is 1. The van der Waals surface area contributed by atoms with Crippen molar-refractivity contribution < 1.29 is 9.47 Å². The van der Waals surface area contributed by atoms with Crippen LogP contribution >= 0.6 is 11.3 Å². The zero-order valence-electron chi connectivity index (χ0n) is 17.6. The number of methoxy groups -OCH3 is 1. The summed E-state index contributed by atoms with van der Waals surface area (Å²) in [6.45, 7) is 2.01. The molecule has 0 aliphatic heterocycles. The van der Waals surface area contributed by atoms with Crippen LogP contribution < -0.4 is 15.0 Å². The molecule has 0 amide bonds. The lowest BCUT2D eigenvalue weighted by Gasteiger charge is -2.18. The molecule has 0 unspecified atom stereocenters. The van der Waals surface area contributed by atoms with Gasteiger partial charge in [-0.1, -0.05) is 30.3 Å². The molecule has 1 N–H and O–H groups in total. The van der Waals surface area contributed by atoms with E-state index in [-0.39, 0.29) is 11.7 Å². The monoisotopic (exact) mass is 432 g/mol. The number of thiophene rings is 1. The normalized spacial score (nSPS) is 14.3. The van der Waals surface area contributed by atoms with Gasteiger partial charge in [-0.15, -0.1) is 11.3 Å². The number of H-pyrrole nitrogens is 1. The highest BCUT2D eigenvalue weighted by molar-refractivity contribution is 7.18. The van der Waals surface area contributed by atoms with Crippen LogP contribution in [0.25, 0.3) is 21.6 Å². The fourth-order valence-corrected chi connectivity index (χ4v) is 5.46. The van der Waals surface area contributed by atoms with Crippen molar-refractivity contribution in [2.24, 2.45) is 0 Å². The van der Waals surface area contributed by atoms with Gasteiger partial charge in [0, 0.05) is 10.4 Å². The van der Waals surface area contributed by atoms with Gasteiger partial charge in [-0.3, -0.25) is 4.79 Å². The molecule has 1 aliphatic rings. The Kier molecular flexibility index (Phi) is 5.24. The Bertz CT molecular complexity index is 1290. The van der Waals surface area contributed by atoms with E-state index < -0.39 is 0 Å². The zero-order valence-corrected chi connectivity index (χ0v) is 18.4. The fourth-order valence-electron chi connectivity index (χ4n) is 4.20. The van der Waals surface area contributed by atoms with E-state index in [1.54, 1.807) is 18.4 Å². The summed E-state index contributed by atoms with van der Waals surface area (Å²) in [6, 6.07) is 15.7. The standard InChI is InChI=1S/C25H24N2O3S/c1-15(16-8-4-3-5-9-16)30-19-13-12-17(14-20(19)29-2)23-26-24(28)22-18-10-6-7-11-21(18)31-25(22)27-23/h3-5,8-9,12-15H,6-7,10-11H2,1-2H3,(H,26,27,28)/t15-/m0/s1. The summed E-state index contributed by atoms with van der Waals surface area (Å²) < 4.78 is 11.7. The summed E-state index contributed by atoms with van der Waals surface area (Å²) in [4.78, 5) is 22.8. The molecule has 6 heteroatoms. The Hall–Kier alpha value is -3.12. The quantitative estimate of drug-likeness (QED) is 0.441. The number of aryl methyl sites for hydroxylation is 2. The van der Waals surface area contributed by atoms with Crippen LogP contribution in [0.3, 0.4) is 0 Å². The van der Waals surface area contributed by atoms with Crippen LogP contribution in [0.2, 0.25) is 0 Å². The molecule has 0 saturated carbocycles. The second kappa shape index (κ2) is 8.19. The topological polar surface area (TPSA) is 64.2 Å². The van der Waals surface area contributed by atoms with E-state index in [4.69, 9.17) is 14.5 Å². The summed E-state index contributed by atoms with van der Waals surface area (Å²) in [6.07, 6.45) is 4.22. The van der Waals surface area contributed by atoms with Crippen molar-refractivity contribution in [3.63, 3.8) is 0 Å². The number of fused-ring (bicyclic) bond motifs is 3. The summed E-state index contributed by atoms with van der Waals surface area (Å²) in [5.41, 5.74) is 3.02. The third kappa shape index (κ3) is 3.72. The van der Waals surface area contributed by atoms with Crippen LogP contribution in [0.15, 0.2) is 53.3 Å². The van der Waals surface area contributed by atoms with Crippen LogP contribution in [-0.4, -0.2) is 17.1 Å². The molecule has 4 aromatic rings. The number of aromatic nitrogens is 2. The first kappa shape index (κ1) is 19.8. The van der Waals surface area contributed by atoms with E-state index in [0.717, 1.165) is 40.6 Å². The predicted molar refractivity (Wildman–Crippen MR) is 124 cm³/mol. The van der Waals surface area contributed by atoms with Gasteiger partial charge in [0.15, 0.2) is 11.5 Å². The lowest BCUT2D eigenvalue weighted by molar-refractivity contribution is 0.216. The number of rotatable bonds is 5. The van der Waals surface area contributed by atoms with Crippen LogP contribution in [0.5, 0.6) is 11.5 Å². The lowest BCUT2D eigenvalue weighted by Crippen LogP contribution is -2.11. The summed E-state index contributed by atoms with van der Waals surface area (Å²) in [5, 5.41) is 0.770. The van der Waals surface area contributed by atoms with E-state index in [1.807, 2.05) is 55.5 Å². The maximum absolute atomic E-state index is 12.9. The highest BCUT2D eigenvalue weighted by Crippen LogP contribution is 2.36. The minimum atomic E-state index is -0.118. The first-order chi connectivity index (χ1) is 15.1. The molecule has 2 aromatic heterocycles. The number of hydrogen-bond acceptors (Lipinski definition) is 5. The van der Waals surface area contributed by atoms with Crippen LogP contribution in [0.1, 0.15) is 41.9 Å². The molecule has 2 aromatic carbocycles. The maximum atomic E-state index is 12.9. The van der Waals surface area contributed by atoms with Gasteiger partial charge in [-0.05, 0) is 61.9 Å². The number of nitrogens with zero attached hydrogens (tertiary/aromatic N) is 1. The molecule has 0 radical (unpaired) electrons. The Morgan fingerprint density at radius 3 is 2.68 bits per heavy atom. The Morgan fingerprint density at radius 1 is 1.06 bits per heavy atom. The van der Waals surface area contributed by atoms with E-state index in [2.05, 4.69) is 4.98 Å². The van der Waals surface area contributed by atoms with Crippen LogP contribution in [-0.2, 0) is 12.8 Å². The second-order valence-electron chi connectivity index (χ2n) is 7.84. The third-order valence-electron chi connectivity index (χ3n) is 5.83. The molecule has 1 aliphatic carbocycles. The number of ether oxygens (including phenoxy) is 2. The van der Waals surface area contributed by atoms with E-state index in [1.165, 1.54) is 16.9 Å². The summed E-state index contributed by atoms with van der Waals surface area (Å²) in [5.74, 6) is 1.81. The molecule has 0 bridgehead atoms. The number of benzene rings is 2. The van der Waals surface area contributed by atoms with Crippen molar-refractivity contribution in [2.75, 3.05) is 7.11 Å². The van der Waals surface area contributed by atoms with Gasteiger partial charge in [0.1, 0.15) is 16.8 Å². The van der Waals surface area contributed by atoms with Gasteiger partial charge in [-0.25, -0.2) is 4.98 Å². The first-order valence-corrected chi connectivity index (χ1v) is 11.4. The van der Waals surface area contributed by atoms with Crippen molar-refractivity contribution in [2.45, 2.75) is 38.7 Å². The molecular formula is C25H24N2O3S. The molecule has 2 heterocycles. The van der Waals surface area contributed by atoms with Gasteiger partial charge < -0.3 is 14.5 Å². The maximum Gasteiger partial charge on any atom is 0.260 e.